The molecule has 2 rings (SSSR count). The topological polar surface area (TPSA) is 48.2 Å². The Hall–Kier alpha value is -1.91. The summed E-state index contributed by atoms with van der Waals surface area (Å²) in [6.07, 6.45) is 0. The number of hydrogen-bond acceptors (Lipinski definition) is 4. The van der Waals surface area contributed by atoms with Gasteiger partial charge in [0, 0.05) is 6.92 Å². The molecule has 0 aliphatic carbocycles. The highest BCUT2D eigenvalue weighted by atomic mass is 19.1. The molecule has 4 nitrogen and oxygen atoms in total. The Morgan fingerprint density at radius 3 is 2.56 bits per heavy atom. The lowest BCUT2D eigenvalue weighted by molar-refractivity contribution is 0.410. The molecular weight excluding hydrogens is 211 g/mol. The molecular formula is C11H11FN2O2. The van der Waals surface area contributed by atoms with Gasteiger partial charge in [-0.3, -0.25) is 0 Å². The Bertz CT molecular complexity index is 523. The minimum atomic E-state index is -0.401. The minimum Gasteiger partial charge on any atom is -0.496 e. The highest BCUT2D eigenvalue weighted by Gasteiger charge is 2.14. The van der Waals surface area contributed by atoms with Crippen LogP contribution in [0.1, 0.15) is 11.5 Å². The maximum Gasteiger partial charge on any atom is 0.250 e. The third-order valence-electron chi connectivity index (χ3n) is 2.24. The first kappa shape index (κ1) is 10.6. The number of benzene rings is 1. The maximum atomic E-state index is 13.7. The standard InChI is InChI=1S/C11H11FN2O2/c1-6-4-9(12)8(5-10(6)15-3)11-14-13-7(2)16-11/h4-5H,1-3H3. The minimum absolute atomic E-state index is 0.160. The largest absolute Gasteiger partial charge is 0.496 e. The predicted molar refractivity (Wildman–Crippen MR) is 55.7 cm³/mol. The van der Waals surface area contributed by atoms with Crippen molar-refractivity contribution in [3.63, 3.8) is 0 Å². The molecule has 2 aromatic rings. The summed E-state index contributed by atoms with van der Waals surface area (Å²) in [6.45, 7) is 3.42. The van der Waals surface area contributed by atoms with Gasteiger partial charge in [-0.25, -0.2) is 4.39 Å². The molecule has 1 aromatic carbocycles. The van der Waals surface area contributed by atoms with E-state index >= 15 is 0 Å². The Labute approximate surface area is 92.1 Å². The van der Waals surface area contributed by atoms with E-state index in [9.17, 15) is 4.39 Å². The van der Waals surface area contributed by atoms with Crippen molar-refractivity contribution in [2.24, 2.45) is 0 Å². The Kier molecular flexibility index (Phi) is 2.60. The van der Waals surface area contributed by atoms with Gasteiger partial charge >= 0.3 is 0 Å². The van der Waals surface area contributed by atoms with Crippen LogP contribution in [-0.4, -0.2) is 17.3 Å². The zero-order valence-electron chi connectivity index (χ0n) is 9.24. The second-order valence-corrected chi connectivity index (χ2v) is 3.43. The third kappa shape index (κ3) is 1.76. The van der Waals surface area contributed by atoms with Crippen LogP contribution in [0.3, 0.4) is 0 Å². The second kappa shape index (κ2) is 3.92. The maximum absolute atomic E-state index is 13.7. The second-order valence-electron chi connectivity index (χ2n) is 3.43. The van der Waals surface area contributed by atoms with E-state index in [0.717, 1.165) is 5.56 Å². The molecule has 0 saturated carbocycles. The average molecular weight is 222 g/mol. The highest BCUT2D eigenvalue weighted by molar-refractivity contribution is 5.58. The third-order valence-corrected chi connectivity index (χ3v) is 2.24. The molecule has 0 amide bonds. The summed E-state index contributed by atoms with van der Waals surface area (Å²) in [4.78, 5) is 0. The number of ether oxygens (including phenoxy) is 1. The van der Waals surface area contributed by atoms with E-state index in [0.29, 0.717) is 11.6 Å². The first-order valence-electron chi connectivity index (χ1n) is 4.76. The number of rotatable bonds is 2. The van der Waals surface area contributed by atoms with Crippen LogP contribution in [0.25, 0.3) is 11.5 Å². The van der Waals surface area contributed by atoms with Crippen LogP contribution in [0, 0.1) is 19.7 Å². The summed E-state index contributed by atoms with van der Waals surface area (Å²) in [5.74, 6) is 0.747. The fraction of sp³-hybridized carbons (Fsp3) is 0.273. The van der Waals surface area contributed by atoms with Gasteiger partial charge in [-0.15, -0.1) is 10.2 Å². The van der Waals surface area contributed by atoms with Gasteiger partial charge in [0.25, 0.3) is 5.89 Å². The van der Waals surface area contributed by atoms with E-state index in [1.165, 1.54) is 13.2 Å². The van der Waals surface area contributed by atoms with Gasteiger partial charge < -0.3 is 9.15 Å². The van der Waals surface area contributed by atoms with Crippen LogP contribution in [0.2, 0.25) is 0 Å². The van der Waals surface area contributed by atoms with E-state index < -0.39 is 5.82 Å². The first-order chi connectivity index (χ1) is 7.61. The summed E-state index contributed by atoms with van der Waals surface area (Å²) >= 11 is 0. The SMILES string of the molecule is COc1cc(-c2nnc(C)o2)c(F)cc1C. The smallest absolute Gasteiger partial charge is 0.250 e. The van der Waals surface area contributed by atoms with Crippen LogP contribution in [0.15, 0.2) is 16.5 Å². The molecule has 1 heterocycles. The van der Waals surface area contributed by atoms with Crippen LogP contribution >= 0.6 is 0 Å². The monoisotopic (exact) mass is 222 g/mol. The number of aryl methyl sites for hydroxylation is 2. The van der Waals surface area contributed by atoms with Gasteiger partial charge in [-0.1, -0.05) is 0 Å². The Balaban J connectivity index is 2.56. The van der Waals surface area contributed by atoms with E-state index in [-0.39, 0.29) is 11.5 Å². The molecule has 0 fully saturated rings. The van der Waals surface area contributed by atoms with E-state index in [2.05, 4.69) is 10.2 Å². The van der Waals surface area contributed by atoms with Crippen molar-refractivity contribution >= 4 is 0 Å². The average Bonchev–Trinajstić information content (AvgIpc) is 2.65. The normalized spacial score (nSPS) is 10.5. The molecule has 0 aliphatic rings. The molecule has 0 spiro atoms. The molecule has 1 aromatic heterocycles. The summed E-state index contributed by atoms with van der Waals surface area (Å²) in [6, 6.07) is 2.94. The van der Waals surface area contributed by atoms with Crippen molar-refractivity contribution in [2.75, 3.05) is 7.11 Å². The Morgan fingerprint density at radius 2 is 2.00 bits per heavy atom. The van der Waals surface area contributed by atoms with Gasteiger partial charge in [0.05, 0.1) is 12.7 Å². The summed E-state index contributed by atoms with van der Waals surface area (Å²) < 4.78 is 24.0. The molecule has 84 valence electrons. The molecule has 5 heteroatoms. The summed E-state index contributed by atoms with van der Waals surface area (Å²) in [7, 11) is 1.53. The number of aromatic nitrogens is 2. The van der Waals surface area contributed by atoms with Crippen LogP contribution in [0.5, 0.6) is 5.75 Å². The lowest BCUT2D eigenvalue weighted by Crippen LogP contribution is -1.92. The molecule has 0 N–H and O–H groups in total. The van der Waals surface area contributed by atoms with Crippen LogP contribution in [-0.2, 0) is 0 Å². The quantitative estimate of drug-likeness (QED) is 0.783. The molecule has 16 heavy (non-hydrogen) atoms. The van der Waals surface area contributed by atoms with Gasteiger partial charge in [0.1, 0.15) is 11.6 Å². The van der Waals surface area contributed by atoms with E-state index in [4.69, 9.17) is 9.15 Å². The molecule has 0 saturated heterocycles. The summed E-state index contributed by atoms with van der Waals surface area (Å²) in [5, 5.41) is 7.43. The lowest BCUT2D eigenvalue weighted by Gasteiger charge is -2.06. The van der Waals surface area contributed by atoms with Crippen molar-refractivity contribution < 1.29 is 13.5 Å². The summed E-state index contributed by atoms with van der Waals surface area (Å²) in [5.41, 5.74) is 0.975. The number of nitrogens with zero attached hydrogens (tertiary/aromatic N) is 2. The number of hydrogen-bond donors (Lipinski definition) is 0. The van der Waals surface area contributed by atoms with Crippen LogP contribution in [0.4, 0.5) is 4.39 Å². The van der Waals surface area contributed by atoms with Gasteiger partial charge in [-0.05, 0) is 24.6 Å². The van der Waals surface area contributed by atoms with Crippen molar-refractivity contribution in [3.8, 4) is 17.2 Å². The van der Waals surface area contributed by atoms with Crippen molar-refractivity contribution in [2.45, 2.75) is 13.8 Å². The van der Waals surface area contributed by atoms with Crippen molar-refractivity contribution in [1.82, 2.24) is 10.2 Å². The van der Waals surface area contributed by atoms with Crippen molar-refractivity contribution in [1.29, 1.82) is 0 Å². The Morgan fingerprint density at radius 1 is 1.25 bits per heavy atom. The lowest BCUT2D eigenvalue weighted by atomic mass is 10.1. The zero-order chi connectivity index (χ0) is 11.7. The molecule has 0 radical (unpaired) electrons. The van der Waals surface area contributed by atoms with Gasteiger partial charge in [-0.2, -0.15) is 0 Å². The van der Waals surface area contributed by atoms with Gasteiger partial charge in [0.15, 0.2) is 0 Å². The number of halogens is 1. The fourth-order valence-corrected chi connectivity index (χ4v) is 1.44. The predicted octanol–water partition coefficient (Wildman–Crippen LogP) is 2.50. The molecule has 0 bridgehead atoms. The molecule has 0 unspecified atom stereocenters. The van der Waals surface area contributed by atoms with Crippen LogP contribution < -0.4 is 4.74 Å². The van der Waals surface area contributed by atoms with Crippen molar-refractivity contribution in [3.05, 3.63) is 29.4 Å². The molecule has 0 aliphatic heterocycles. The molecule has 0 atom stereocenters. The fourth-order valence-electron chi connectivity index (χ4n) is 1.44. The van der Waals surface area contributed by atoms with E-state index in [1.807, 2.05) is 0 Å². The highest BCUT2D eigenvalue weighted by Crippen LogP contribution is 2.28. The number of methoxy groups -OCH3 is 1. The zero-order valence-corrected chi connectivity index (χ0v) is 9.24. The first-order valence-corrected chi connectivity index (χ1v) is 4.76. The van der Waals surface area contributed by atoms with Gasteiger partial charge in [0.2, 0.25) is 5.89 Å². The van der Waals surface area contributed by atoms with E-state index in [1.54, 1.807) is 19.9 Å².